The van der Waals surface area contributed by atoms with Crippen molar-refractivity contribution in [1.29, 1.82) is 5.26 Å². The van der Waals surface area contributed by atoms with E-state index in [1.165, 1.54) is 12.8 Å². The quantitative estimate of drug-likeness (QED) is 0.814. The zero-order chi connectivity index (χ0) is 12.3. The highest BCUT2D eigenvalue weighted by atomic mass is 15.1. The van der Waals surface area contributed by atoms with Crippen LogP contribution in [0.3, 0.4) is 0 Å². The molecule has 1 saturated carbocycles. The first kappa shape index (κ1) is 12.1. The van der Waals surface area contributed by atoms with Crippen molar-refractivity contribution in [2.45, 2.75) is 57.7 Å². The molecule has 1 N–H and O–H groups in total. The number of aromatic nitrogens is 2. The molecule has 17 heavy (non-hydrogen) atoms. The minimum absolute atomic E-state index is 0.482. The molecule has 0 spiro atoms. The van der Waals surface area contributed by atoms with E-state index in [1.54, 1.807) is 0 Å². The fourth-order valence-electron chi connectivity index (χ4n) is 2.07. The smallest absolute Gasteiger partial charge is 0.122 e. The molecule has 1 unspecified atom stereocenters. The predicted molar refractivity (Wildman–Crippen MR) is 66.4 cm³/mol. The molecule has 1 aliphatic rings. The Labute approximate surface area is 103 Å². The van der Waals surface area contributed by atoms with Crippen LogP contribution in [0.5, 0.6) is 0 Å². The van der Waals surface area contributed by atoms with Crippen molar-refractivity contribution in [1.82, 2.24) is 14.9 Å². The van der Waals surface area contributed by atoms with E-state index in [9.17, 15) is 5.26 Å². The Morgan fingerprint density at radius 1 is 1.65 bits per heavy atom. The van der Waals surface area contributed by atoms with Crippen molar-refractivity contribution in [3.63, 3.8) is 0 Å². The van der Waals surface area contributed by atoms with E-state index < -0.39 is 5.54 Å². The van der Waals surface area contributed by atoms with Crippen LogP contribution in [0.1, 0.15) is 38.9 Å². The summed E-state index contributed by atoms with van der Waals surface area (Å²) in [7, 11) is 0. The lowest BCUT2D eigenvalue weighted by atomic mass is 10.0. The Kier molecular flexibility index (Phi) is 3.49. The minimum Gasteiger partial charge on any atom is -0.332 e. The van der Waals surface area contributed by atoms with Crippen molar-refractivity contribution >= 4 is 0 Å². The van der Waals surface area contributed by atoms with Crippen molar-refractivity contribution < 1.29 is 0 Å². The summed E-state index contributed by atoms with van der Waals surface area (Å²) in [5.41, 5.74) is -0.482. The van der Waals surface area contributed by atoms with Crippen molar-refractivity contribution in [2.24, 2.45) is 0 Å². The fraction of sp³-hybridized carbons (Fsp3) is 0.692. The first-order valence-corrected chi connectivity index (χ1v) is 6.36. The van der Waals surface area contributed by atoms with E-state index in [-0.39, 0.29) is 0 Å². The van der Waals surface area contributed by atoms with Gasteiger partial charge in [-0.25, -0.2) is 4.98 Å². The van der Waals surface area contributed by atoms with Crippen LogP contribution >= 0.6 is 0 Å². The van der Waals surface area contributed by atoms with Gasteiger partial charge in [-0.1, -0.05) is 6.92 Å². The van der Waals surface area contributed by atoms with Gasteiger partial charge >= 0.3 is 0 Å². The summed E-state index contributed by atoms with van der Waals surface area (Å²) in [5.74, 6) is 1.08. The van der Waals surface area contributed by atoms with Crippen LogP contribution in [0.25, 0.3) is 0 Å². The summed E-state index contributed by atoms with van der Waals surface area (Å²) >= 11 is 0. The molecule has 4 heteroatoms. The number of imidazole rings is 1. The molecular weight excluding hydrogens is 212 g/mol. The lowest BCUT2D eigenvalue weighted by Crippen LogP contribution is -2.46. The molecule has 0 aromatic carbocycles. The van der Waals surface area contributed by atoms with Crippen LogP contribution in [0.2, 0.25) is 0 Å². The summed E-state index contributed by atoms with van der Waals surface area (Å²) < 4.78 is 2.10. The molecule has 1 fully saturated rings. The minimum atomic E-state index is -0.482. The average Bonchev–Trinajstić information content (AvgIpc) is 3.01. The van der Waals surface area contributed by atoms with Crippen molar-refractivity contribution in [3.8, 4) is 6.07 Å². The summed E-state index contributed by atoms with van der Waals surface area (Å²) in [6.07, 6.45) is 8.23. The van der Waals surface area contributed by atoms with E-state index in [1.807, 2.05) is 19.3 Å². The van der Waals surface area contributed by atoms with E-state index in [0.717, 1.165) is 18.7 Å². The van der Waals surface area contributed by atoms with Crippen LogP contribution < -0.4 is 5.32 Å². The molecular formula is C13H20N4. The predicted octanol–water partition coefficient (Wildman–Crippen LogP) is 1.87. The molecule has 4 nitrogen and oxygen atoms in total. The molecule has 0 saturated heterocycles. The number of nitrogens with one attached hydrogen (secondary N) is 1. The molecule has 0 aliphatic heterocycles. The van der Waals surface area contributed by atoms with Gasteiger partial charge in [-0.2, -0.15) is 5.26 Å². The van der Waals surface area contributed by atoms with E-state index >= 15 is 0 Å². The number of hydrogen-bond acceptors (Lipinski definition) is 3. The number of hydrogen-bond donors (Lipinski definition) is 1. The first-order valence-electron chi connectivity index (χ1n) is 6.36. The molecule has 1 aliphatic carbocycles. The van der Waals surface area contributed by atoms with Crippen molar-refractivity contribution in [3.05, 3.63) is 18.2 Å². The van der Waals surface area contributed by atoms with Crippen LogP contribution in [0.15, 0.2) is 12.4 Å². The number of rotatable bonds is 6. The van der Waals surface area contributed by atoms with Gasteiger partial charge in [-0.15, -0.1) is 0 Å². The summed E-state index contributed by atoms with van der Waals surface area (Å²) in [4.78, 5) is 4.34. The van der Waals surface area contributed by atoms with E-state index in [4.69, 9.17) is 0 Å². The van der Waals surface area contributed by atoms with E-state index in [2.05, 4.69) is 27.9 Å². The highest BCUT2D eigenvalue weighted by molar-refractivity contribution is 5.09. The Balaban J connectivity index is 2.06. The Bertz CT molecular complexity index is 413. The second-order valence-electron chi connectivity index (χ2n) is 5.08. The molecule has 1 atom stereocenters. The number of aryl methyl sites for hydroxylation is 1. The molecule has 1 heterocycles. The van der Waals surface area contributed by atoms with Gasteiger partial charge in [-0.05, 0) is 26.2 Å². The highest BCUT2D eigenvalue weighted by Crippen LogP contribution is 2.23. The second kappa shape index (κ2) is 4.89. The Morgan fingerprint density at radius 3 is 3.00 bits per heavy atom. The summed E-state index contributed by atoms with van der Waals surface area (Å²) in [6.45, 7) is 4.79. The summed E-state index contributed by atoms with van der Waals surface area (Å²) in [6, 6.07) is 2.94. The molecule has 0 amide bonds. The number of nitriles is 1. The highest BCUT2D eigenvalue weighted by Gasteiger charge is 2.33. The Morgan fingerprint density at radius 2 is 2.41 bits per heavy atom. The lowest BCUT2D eigenvalue weighted by Gasteiger charge is -2.24. The topological polar surface area (TPSA) is 53.6 Å². The van der Waals surface area contributed by atoms with Gasteiger partial charge in [0.05, 0.1) is 12.6 Å². The van der Waals surface area contributed by atoms with Gasteiger partial charge in [0.15, 0.2) is 0 Å². The third kappa shape index (κ3) is 3.07. The molecule has 0 bridgehead atoms. The molecule has 2 rings (SSSR count). The molecule has 0 radical (unpaired) electrons. The maximum Gasteiger partial charge on any atom is 0.122 e. The fourth-order valence-corrected chi connectivity index (χ4v) is 2.07. The maximum atomic E-state index is 9.34. The van der Waals surface area contributed by atoms with Crippen LogP contribution in [-0.2, 0) is 13.0 Å². The van der Waals surface area contributed by atoms with Crippen LogP contribution in [-0.4, -0.2) is 21.1 Å². The average molecular weight is 232 g/mol. The van der Waals surface area contributed by atoms with Gasteiger partial charge in [0, 0.05) is 24.9 Å². The second-order valence-corrected chi connectivity index (χ2v) is 5.08. The van der Waals surface area contributed by atoms with Gasteiger partial charge in [0.25, 0.3) is 0 Å². The number of nitrogens with zero attached hydrogens (tertiary/aromatic N) is 3. The maximum absolute atomic E-state index is 9.34. The van der Waals surface area contributed by atoms with Crippen LogP contribution in [0.4, 0.5) is 0 Å². The van der Waals surface area contributed by atoms with Gasteiger partial charge in [0.2, 0.25) is 0 Å². The zero-order valence-corrected chi connectivity index (χ0v) is 10.6. The SMILES string of the molecule is CCCc1nccn1CC(C)(C#N)NC1CC1. The monoisotopic (exact) mass is 232 g/mol. The molecule has 1 aromatic heterocycles. The first-order chi connectivity index (χ1) is 8.17. The normalized spacial score (nSPS) is 18.6. The van der Waals surface area contributed by atoms with Crippen LogP contribution in [0, 0.1) is 11.3 Å². The largest absolute Gasteiger partial charge is 0.332 e. The summed E-state index contributed by atoms with van der Waals surface area (Å²) in [5, 5.41) is 12.8. The zero-order valence-electron chi connectivity index (χ0n) is 10.6. The Hall–Kier alpha value is -1.34. The van der Waals surface area contributed by atoms with E-state index in [0.29, 0.717) is 12.6 Å². The van der Waals surface area contributed by atoms with Gasteiger partial charge in [0.1, 0.15) is 11.4 Å². The molecule has 92 valence electrons. The van der Waals surface area contributed by atoms with Gasteiger partial charge < -0.3 is 4.57 Å². The lowest BCUT2D eigenvalue weighted by molar-refractivity contribution is 0.379. The third-order valence-electron chi connectivity index (χ3n) is 3.11. The van der Waals surface area contributed by atoms with Gasteiger partial charge in [-0.3, -0.25) is 5.32 Å². The molecule has 1 aromatic rings. The third-order valence-corrected chi connectivity index (χ3v) is 3.11. The standard InChI is InChI=1S/C13H20N4/c1-3-4-12-15-7-8-17(12)10-13(2,9-14)16-11-5-6-11/h7-8,11,16H,3-6,10H2,1-2H3. The van der Waals surface area contributed by atoms with Crippen molar-refractivity contribution in [2.75, 3.05) is 0 Å².